The molecule has 1 aliphatic carbocycles. The number of hydrogen-bond donors (Lipinski definition) is 2. The number of benzene rings is 2. The van der Waals surface area contributed by atoms with Crippen molar-refractivity contribution in [3.8, 4) is 11.5 Å². The van der Waals surface area contributed by atoms with Crippen molar-refractivity contribution in [1.82, 2.24) is 0 Å². The van der Waals surface area contributed by atoms with E-state index in [0.29, 0.717) is 5.75 Å². The van der Waals surface area contributed by atoms with E-state index >= 15 is 0 Å². The molecule has 0 aromatic heterocycles. The molecule has 0 amide bonds. The highest BCUT2D eigenvalue weighted by Gasteiger charge is 2.67. The molecule has 5 nitrogen and oxygen atoms in total. The monoisotopic (exact) mass is 337 g/mol. The third kappa shape index (κ3) is 1.56. The molecule has 128 valence electrons. The van der Waals surface area contributed by atoms with E-state index in [0.717, 1.165) is 36.9 Å². The Labute approximate surface area is 145 Å². The molecule has 5 heteroatoms. The number of phenolic OH excluding ortho intramolecular Hbond substituents is 1. The number of aromatic hydroxyl groups is 1. The number of hydrogen-bond acceptors (Lipinski definition) is 5. The maximum Gasteiger partial charge on any atom is 0.341 e. The first-order valence-corrected chi connectivity index (χ1v) is 8.64. The minimum atomic E-state index is -0.594. The second kappa shape index (κ2) is 4.69. The van der Waals surface area contributed by atoms with Crippen molar-refractivity contribution in [3.05, 3.63) is 53.1 Å². The summed E-state index contributed by atoms with van der Waals surface area (Å²) in [5.74, 6) is -0.280. The molecule has 5 rings (SSSR count). The maximum atomic E-state index is 11.9. The fourth-order valence-corrected chi connectivity index (χ4v) is 5.00. The molecule has 0 saturated heterocycles. The van der Waals surface area contributed by atoms with Gasteiger partial charge in [-0.05, 0) is 30.5 Å². The number of anilines is 1. The maximum absolute atomic E-state index is 11.9. The highest BCUT2D eigenvalue weighted by Crippen LogP contribution is 2.66. The molecule has 2 aromatic rings. The van der Waals surface area contributed by atoms with E-state index in [4.69, 9.17) is 9.47 Å². The van der Waals surface area contributed by atoms with E-state index < -0.39 is 11.7 Å². The molecule has 2 atom stereocenters. The lowest BCUT2D eigenvalue weighted by molar-refractivity contribution is 0.0350. The van der Waals surface area contributed by atoms with E-state index in [-0.39, 0.29) is 16.7 Å². The molecule has 3 aliphatic rings. The average molecular weight is 337 g/mol. The molecule has 0 spiro atoms. The number of phenols is 1. The van der Waals surface area contributed by atoms with Gasteiger partial charge in [0, 0.05) is 17.7 Å². The van der Waals surface area contributed by atoms with Crippen LogP contribution in [0.25, 0.3) is 0 Å². The number of fused-ring (bicyclic) bond motifs is 2. The number of carbonyl (C=O) groups is 1. The van der Waals surface area contributed by atoms with E-state index in [9.17, 15) is 9.90 Å². The van der Waals surface area contributed by atoms with Gasteiger partial charge in [-0.3, -0.25) is 0 Å². The van der Waals surface area contributed by atoms with Crippen LogP contribution < -0.4 is 10.1 Å². The van der Waals surface area contributed by atoms with Crippen LogP contribution in [0, 0.1) is 0 Å². The summed E-state index contributed by atoms with van der Waals surface area (Å²) >= 11 is 0. The first-order valence-electron chi connectivity index (χ1n) is 8.64. The first-order chi connectivity index (χ1) is 12.1. The Bertz CT molecular complexity index is 909. The molecule has 2 aliphatic heterocycles. The van der Waals surface area contributed by atoms with Gasteiger partial charge in [-0.2, -0.15) is 0 Å². The lowest BCUT2D eigenvalue weighted by atomic mass is 9.63. The summed E-state index contributed by atoms with van der Waals surface area (Å²) in [7, 11) is 1.31. The predicted molar refractivity (Wildman–Crippen MR) is 92.1 cm³/mol. The zero-order valence-electron chi connectivity index (χ0n) is 14.0. The van der Waals surface area contributed by atoms with Crippen molar-refractivity contribution < 1.29 is 19.4 Å². The van der Waals surface area contributed by atoms with Crippen molar-refractivity contribution >= 4 is 11.7 Å². The zero-order valence-corrected chi connectivity index (χ0v) is 14.0. The molecular formula is C20H19NO4. The smallest absolute Gasteiger partial charge is 0.341 e. The summed E-state index contributed by atoms with van der Waals surface area (Å²) in [6.07, 6.45) is 3.95. The standard InChI is InChI=1S/C20H19NO4/c1-24-18(23)12-8-9-14-17(16(12)22)25-20-11-5-4-10-19(14,20)13-6-2-3-7-15(13)21-20/h2-3,6-9,21-22H,4-5,10-11H2,1H3/t19-,20+/m1/s1. The summed E-state index contributed by atoms with van der Waals surface area (Å²) in [5.41, 5.74) is 2.46. The highest BCUT2D eigenvalue weighted by atomic mass is 16.5. The molecule has 1 saturated carbocycles. The van der Waals surface area contributed by atoms with Gasteiger partial charge in [0.15, 0.2) is 17.2 Å². The van der Waals surface area contributed by atoms with Crippen molar-refractivity contribution in [3.63, 3.8) is 0 Å². The van der Waals surface area contributed by atoms with E-state index in [1.165, 1.54) is 12.7 Å². The van der Waals surface area contributed by atoms with Crippen LogP contribution in [-0.2, 0) is 10.2 Å². The predicted octanol–water partition coefficient (Wildman–Crippen LogP) is 3.55. The van der Waals surface area contributed by atoms with E-state index in [1.807, 2.05) is 18.2 Å². The van der Waals surface area contributed by atoms with Gasteiger partial charge >= 0.3 is 5.97 Å². The number of nitrogens with one attached hydrogen (secondary N) is 1. The second-order valence-electron chi connectivity index (χ2n) is 7.04. The Kier molecular flexibility index (Phi) is 2.74. The van der Waals surface area contributed by atoms with Gasteiger partial charge < -0.3 is 19.9 Å². The molecular weight excluding hydrogens is 318 g/mol. The highest BCUT2D eigenvalue weighted by molar-refractivity contribution is 5.94. The van der Waals surface area contributed by atoms with Crippen LogP contribution in [0.1, 0.15) is 47.2 Å². The summed E-state index contributed by atoms with van der Waals surface area (Å²) in [6.45, 7) is 0. The van der Waals surface area contributed by atoms with Crippen LogP contribution in [0.3, 0.4) is 0 Å². The van der Waals surface area contributed by atoms with Crippen LogP contribution in [0.15, 0.2) is 36.4 Å². The summed E-state index contributed by atoms with van der Waals surface area (Å²) in [5, 5.41) is 14.3. The van der Waals surface area contributed by atoms with Crippen molar-refractivity contribution in [2.45, 2.75) is 36.8 Å². The van der Waals surface area contributed by atoms with Crippen molar-refractivity contribution in [1.29, 1.82) is 0 Å². The number of ether oxygens (including phenoxy) is 2. The number of para-hydroxylation sites is 1. The summed E-state index contributed by atoms with van der Waals surface area (Å²) in [6, 6.07) is 11.8. The fraction of sp³-hybridized carbons (Fsp3) is 0.350. The number of carbonyl (C=O) groups excluding carboxylic acids is 1. The molecule has 0 radical (unpaired) electrons. The Morgan fingerprint density at radius 2 is 1.96 bits per heavy atom. The van der Waals surface area contributed by atoms with Gasteiger partial charge in [0.25, 0.3) is 0 Å². The molecule has 1 fully saturated rings. The SMILES string of the molecule is COC(=O)c1ccc2c(c1O)O[C@@]13CCCC[C@@]21c1ccccc1N3. The first kappa shape index (κ1) is 14.6. The van der Waals surface area contributed by atoms with E-state index in [1.54, 1.807) is 6.07 Å². The topological polar surface area (TPSA) is 67.8 Å². The Balaban J connectivity index is 1.79. The van der Waals surface area contributed by atoms with Crippen LogP contribution in [0.5, 0.6) is 11.5 Å². The van der Waals surface area contributed by atoms with Crippen LogP contribution >= 0.6 is 0 Å². The van der Waals surface area contributed by atoms with E-state index in [2.05, 4.69) is 17.4 Å². The largest absolute Gasteiger partial charge is 0.504 e. The number of esters is 1. The third-order valence-corrected chi connectivity index (χ3v) is 6.02. The van der Waals surface area contributed by atoms with Crippen molar-refractivity contribution in [2.24, 2.45) is 0 Å². The van der Waals surface area contributed by atoms with Gasteiger partial charge in [0.1, 0.15) is 5.56 Å². The van der Waals surface area contributed by atoms with Gasteiger partial charge in [0.2, 0.25) is 0 Å². The van der Waals surface area contributed by atoms with Gasteiger partial charge in [-0.1, -0.05) is 30.7 Å². The molecule has 0 unspecified atom stereocenters. The van der Waals surface area contributed by atoms with Crippen molar-refractivity contribution in [2.75, 3.05) is 12.4 Å². The lowest BCUT2D eigenvalue weighted by Gasteiger charge is -2.43. The normalized spacial score (nSPS) is 28.0. The van der Waals surface area contributed by atoms with Crippen LogP contribution in [0.2, 0.25) is 0 Å². The third-order valence-electron chi connectivity index (χ3n) is 6.02. The van der Waals surface area contributed by atoms with Crippen LogP contribution in [-0.4, -0.2) is 23.9 Å². The lowest BCUT2D eigenvalue weighted by Crippen LogP contribution is -2.55. The Morgan fingerprint density at radius 1 is 1.16 bits per heavy atom. The second-order valence-corrected chi connectivity index (χ2v) is 7.04. The number of rotatable bonds is 1. The average Bonchev–Trinajstić information content (AvgIpc) is 3.09. The molecule has 2 N–H and O–H groups in total. The van der Waals surface area contributed by atoms with Gasteiger partial charge in [0.05, 0.1) is 12.5 Å². The Morgan fingerprint density at radius 3 is 2.80 bits per heavy atom. The molecule has 25 heavy (non-hydrogen) atoms. The number of methoxy groups -OCH3 is 1. The minimum Gasteiger partial charge on any atom is -0.504 e. The molecule has 2 aromatic carbocycles. The summed E-state index contributed by atoms with van der Waals surface area (Å²) < 4.78 is 11.2. The minimum absolute atomic E-state index is 0.126. The van der Waals surface area contributed by atoms with Gasteiger partial charge in [-0.15, -0.1) is 0 Å². The van der Waals surface area contributed by atoms with Gasteiger partial charge in [-0.25, -0.2) is 4.79 Å². The quantitative estimate of drug-likeness (QED) is 0.779. The zero-order chi connectivity index (χ0) is 17.2. The fourth-order valence-electron chi connectivity index (χ4n) is 5.00. The molecule has 2 heterocycles. The van der Waals surface area contributed by atoms with Crippen LogP contribution in [0.4, 0.5) is 5.69 Å². The Hall–Kier alpha value is -2.69. The summed E-state index contributed by atoms with van der Waals surface area (Å²) in [4.78, 5) is 11.9. The molecule has 0 bridgehead atoms.